The molecule has 1 heterocycles. The van der Waals surface area contributed by atoms with Gasteiger partial charge in [0.25, 0.3) is 0 Å². The Kier molecular flexibility index (Phi) is 5.59. The number of halogens is 2. The number of hydrogen-bond donors (Lipinski definition) is 1. The van der Waals surface area contributed by atoms with Crippen LogP contribution in [0, 0.1) is 5.92 Å². The van der Waals surface area contributed by atoms with Gasteiger partial charge in [0, 0.05) is 30.2 Å². The van der Waals surface area contributed by atoms with Crippen LogP contribution in [0.2, 0.25) is 10.0 Å². The lowest BCUT2D eigenvalue weighted by molar-refractivity contribution is 0.327. The van der Waals surface area contributed by atoms with E-state index in [9.17, 15) is 0 Å². The van der Waals surface area contributed by atoms with E-state index in [4.69, 9.17) is 23.2 Å². The van der Waals surface area contributed by atoms with Gasteiger partial charge in [0.2, 0.25) is 0 Å². The highest BCUT2D eigenvalue weighted by molar-refractivity contribution is 6.35. The Hall–Kier alpha value is -0.440. The maximum absolute atomic E-state index is 6.40. The van der Waals surface area contributed by atoms with Crippen LogP contribution in [0.5, 0.6) is 0 Å². The van der Waals surface area contributed by atoms with Crippen molar-refractivity contribution < 1.29 is 0 Å². The van der Waals surface area contributed by atoms with Gasteiger partial charge in [-0.15, -0.1) is 0 Å². The van der Waals surface area contributed by atoms with Gasteiger partial charge < -0.3 is 10.2 Å². The van der Waals surface area contributed by atoms with E-state index in [0.29, 0.717) is 18.0 Å². The fraction of sp³-hybridized carbons (Fsp3) is 0.625. The third kappa shape index (κ3) is 3.60. The highest BCUT2D eigenvalue weighted by atomic mass is 35.5. The molecule has 4 heteroatoms. The molecule has 1 aliphatic heterocycles. The molecule has 0 spiro atoms. The molecule has 2 atom stereocenters. The van der Waals surface area contributed by atoms with Gasteiger partial charge >= 0.3 is 0 Å². The quantitative estimate of drug-likeness (QED) is 0.874. The van der Waals surface area contributed by atoms with E-state index < -0.39 is 0 Å². The van der Waals surface area contributed by atoms with Crippen molar-refractivity contribution in [3.05, 3.63) is 28.2 Å². The van der Waals surface area contributed by atoms with Crippen molar-refractivity contribution in [2.75, 3.05) is 18.0 Å². The topological polar surface area (TPSA) is 15.3 Å². The Balaban J connectivity index is 2.28. The third-order valence-corrected chi connectivity index (χ3v) is 4.61. The van der Waals surface area contributed by atoms with E-state index in [-0.39, 0.29) is 0 Å². The standard InChI is InChI=1S/C16H24Cl2N2/c1-4-5-13-10-20(16(9-19-13)11(2)3)15-8-12(17)6-7-14(15)18/h6-8,11,13,16,19H,4-5,9-10H2,1-3H3. The number of piperazine rings is 1. The summed E-state index contributed by atoms with van der Waals surface area (Å²) in [4.78, 5) is 2.44. The van der Waals surface area contributed by atoms with Crippen molar-refractivity contribution in [3.63, 3.8) is 0 Å². The largest absolute Gasteiger partial charge is 0.364 e. The van der Waals surface area contributed by atoms with Crippen molar-refractivity contribution >= 4 is 28.9 Å². The molecule has 1 aliphatic rings. The lowest BCUT2D eigenvalue weighted by Gasteiger charge is -2.44. The summed E-state index contributed by atoms with van der Waals surface area (Å²) in [6, 6.07) is 6.73. The Bertz CT molecular complexity index is 448. The summed E-state index contributed by atoms with van der Waals surface area (Å²) < 4.78 is 0. The van der Waals surface area contributed by atoms with Crippen LogP contribution in [0.4, 0.5) is 5.69 Å². The molecule has 0 bridgehead atoms. The molecule has 1 aromatic carbocycles. The predicted octanol–water partition coefficient (Wildman–Crippen LogP) is 4.60. The second kappa shape index (κ2) is 7.02. The van der Waals surface area contributed by atoms with Gasteiger partial charge in [0.1, 0.15) is 0 Å². The second-order valence-electron chi connectivity index (χ2n) is 5.95. The average Bonchev–Trinajstić information content (AvgIpc) is 2.41. The molecule has 0 aliphatic carbocycles. The molecule has 0 radical (unpaired) electrons. The molecule has 0 saturated carbocycles. The first kappa shape index (κ1) is 15.9. The number of nitrogens with one attached hydrogen (secondary N) is 1. The molecule has 1 aromatic rings. The Morgan fingerprint density at radius 3 is 2.75 bits per heavy atom. The van der Waals surface area contributed by atoms with E-state index >= 15 is 0 Å². The highest BCUT2D eigenvalue weighted by Crippen LogP contribution is 2.33. The first-order valence-electron chi connectivity index (χ1n) is 7.48. The molecule has 2 nitrogen and oxygen atoms in total. The number of nitrogens with zero attached hydrogens (tertiary/aromatic N) is 1. The van der Waals surface area contributed by atoms with Crippen LogP contribution < -0.4 is 10.2 Å². The average molecular weight is 315 g/mol. The van der Waals surface area contributed by atoms with Gasteiger partial charge in [-0.05, 0) is 30.5 Å². The van der Waals surface area contributed by atoms with E-state index in [1.54, 1.807) is 0 Å². The second-order valence-corrected chi connectivity index (χ2v) is 6.80. The summed E-state index contributed by atoms with van der Waals surface area (Å²) in [7, 11) is 0. The summed E-state index contributed by atoms with van der Waals surface area (Å²) in [5.74, 6) is 0.570. The van der Waals surface area contributed by atoms with E-state index in [1.165, 1.54) is 12.8 Å². The maximum Gasteiger partial charge on any atom is 0.0640 e. The van der Waals surface area contributed by atoms with Gasteiger partial charge in [-0.1, -0.05) is 50.4 Å². The zero-order valence-electron chi connectivity index (χ0n) is 12.5. The smallest absolute Gasteiger partial charge is 0.0640 e. The zero-order valence-corrected chi connectivity index (χ0v) is 14.0. The summed E-state index contributed by atoms with van der Waals surface area (Å²) in [5, 5.41) is 5.20. The van der Waals surface area contributed by atoms with Crippen LogP contribution in [-0.4, -0.2) is 25.2 Å². The lowest BCUT2D eigenvalue weighted by Crippen LogP contribution is -2.58. The molecule has 112 valence electrons. The molecule has 0 aromatic heterocycles. The van der Waals surface area contributed by atoms with Crippen molar-refractivity contribution in [2.24, 2.45) is 5.92 Å². The molecule has 1 fully saturated rings. The first-order chi connectivity index (χ1) is 9.52. The molecule has 0 amide bonds. The minimum absolute atomic E-state index is 0.457. The zero-order chi connectivity index (χ0) is 14.7. The SMILES string of the molecule is CCCC1CN(c2cc(Cl)ccc2Cl)C(C(C)C)CN1. The van der Waals surface area contributed by atoms with Crippen molar-refractivity contribution in [1.29, 1.82) is 0 Å². The van der Waals surface area contributed by atoms with E-state index in [2.05, 4.69) is 31.0 Å². The Morgan fingerprint density at radius 1 is 1.35 bits per heavy atom. The Labute approximate surface area is 132 Å². The van der Waals surface area contributed by atoms with Crippen LogP contribution in [0.15, 0.2) is 18.2 Å². The molecule has 20 heavy (non-hydrogen) atoms. The fourth-order valence-corrected chi connectivity index (χ4v) is 3.35. The summed E-state index contributed by atoms with van der Waals surface area (Å²) in [6.07, 6.45) is 2.39. The number of rotatable bonds is 4. The van der Waals surface area contributed by atoms with Crippen LogP contribution in [0.25, 0.3) is 0 Å². The minimum Gasteiger partial charge on any atom is -0.364 e. The maximum atomic E-state index is 6.40. The molecule has 1 saturated heterocycles. The van der Waals surface area contributed by atoms with Crippen LogP contribution in [-0.2, 0) is 0 Å². The van der Waals surface area contributed by atoms with E-state index in [1.807, 2.05) is 18.2 Å². The van der Waals surface area contributed by atoms with Crippen LogP contribution in [0.1, 0.15) is 33.6 Å². The number of benzene rings is 1. The normalized spacial score (nSPS) is 23.4. The molecule has 2 rings (SSSR count). The number of anilines is 1. The van der Waals surface area contributed by atoms with Gasteiger partial charge in [-0.3, -0.25) is 0 Å². The van der Waals surface area contributed by atoms with Gasteiger partial charge in [0.05, 0.1) is 10.7 Å². The molecular weight excluding hydrogens is 291 g/mol. The van der Waals surface area contributed by atoms with Crippen molar-refractivity contribution in [3.8, 4) is 0 Å². The lowest BCUT2D eigenvalue weighted by atomic mass is 9.96. The highest BCUT2D eigenvalue weighted by Gasteiger charge is 2.30. The van der Waals surface area contributed by atoms with Gasteiger partial charge in [-0.2, -0.15) is 0 Å². The summed E-state index contributed by atoms with van der Waals surface area (Å²) in [6.45, 7) is 8.75. The molecule has 2 unspecified atom stereocenters. The fourth-order valence-electron chi connectivity index (χ4n) is 2.96. The minimum atomic E-state index is 0.457. The monoisotopic (exact) mass is 314 g/mol. The molecule has 1 N–H and O–H groups in total. The van der Waals surface area contributed by atoms with Crippen LogP contribution >= 0.6 is 23.2 Å². The van der Waals surface area contributed by atoms with Crippen molar-refractivity contribution in [2.45, 2.75) is 45.7 Å². The third-order valence-electron chi connectivity index (χ3n) is 4.06. The Morgan fingerprint density at radius 2 is 2.10 bits per heavy atom. The summed E-state index contributed by atoms with van der Waals surface area (Å²) >= 11 is 12.6. The van der Waals surface area contributed by atoms with E-state index in [0.717, 1.165) is 28.8 Å². The van der Waals surface area contributed by atoms with Gasteiger partial charge in [-0.25, -0.2) is 0 Å². The predicted molar refractivity (Wildman–Crippen MR) is 89.1 cm³/mol. The number of hydrogen-bond acceptors (Lipinski definition) is 2. The summed E-state index contributed by atoms with van der Waals surface area (Å²) in [5.41, 5.74) is 1.07. The first-order valence-corrected chi connectivity index (χ1v) is 8.23. The van der Waals surface area contributed by atoms with Crippen LogP contribution in [0.3, 0.4) is 0 Å². The van der Waals surface area contributed by atoms with Gasteiger partial charge in [0.15, 0.2) is 0 Å². The molecular formula is C16H24Cl2N2. The van der Waals surface area contributed by atoms with Crippen molar-refractivity contribution in [1.82, 2.24) is 5.32 Å².